The third-order valence-electron chi connectivity index (χ3n) is 2.56. The van der Waals surface area contributed by atoms with Crippen molar-refractivity contribution in [2.24, 2.45) is 0 Å². The Morgan fingerprint density at radius 2 is 2.14 bits per heavy atom. The van der Waals surface area contributed by atoms with Crippen molar-refractivity contribution in [2.45, 2.75) is 11.8 Å². The monoisotopic (exact) mass is 312 g/mol. The maximum atomic E-state index is 12.5. The third kappa shape index (κ3) is 3.56. The Kier molecular flexibility index (Phi) is 5.02. The van der Waals surface area contributed by atoms with Gasteiger partial charge in [0.1, 0.15) is 6.54 Å². The highest BCUT2D eigenvalue weighted by Crippen LogP contribution is 2.29. The van der Waals surface area contributed by atoms with Gasteiger partial charge in [0.15, 0.2) is 4.90 Å². The van der Waals surface area contributed by atoms with Crippen LogP contribution in [0.3, 0.4) is 0 Å². The van der Waals surface area contributed by atoms with Gasteiger partial charge in [0.2, 0.25) is 0 Å². The van der Waals surface area contributed by atoms with Crippen molar-refractivity contribution in [3.8, 4) is 12.3 Å². The number of terminal acetylenes is 1. The average molecular weight is 312 g/mol. The van der Waals surface area contributed by atoms with Gasteiger partial charge in [-0.15, -0.1) is 6.42 Å². The van der Waals surface area contributed by atoms with Crippen molar-refractivity contribution in [3.05, 3.63) is 33.9 Å². The van der Waals surface area contributed by atoms with Crippen LogP contribution < -0.4 is 0 Å². The summed E-state index contributed by atoms with van der Waals surface area (Å²) in [4.78, 5) is 20.4. The first-order chi connectivity index (χ1) is 9.71. The number of hydrogen-bond acceptors (Lipinski definition) is 5. The van der Waals surface area contributed by atoms with Crippen LogP contribution in [-0.4, -0.2) is 41.8 Å². The Morgan fingerprint density at radius 1 is 1.52 bits per heavy atom. The summed E-state index contributed by atoms with van der Waals surface area (Å²) in [5, 5.41) is 19.7. The molecule has 0 bridgehead atoms. The molecule has 1 rings (SSSR count). The number of sulfonamides is 1. The summed E-state index contributed by atoms with van der Waals surface area (Å²) in [5.41, 5.74) is -0.487. The molecule has 8 nitrogen and oxygen atoms in total. The molecule has 112 valence electrons. The molecule has 0 saturated carbocycles. The van der Waals surface area contributed by atoms with Crippen molar-refractivity contribution in [2.75, 3.05) is 13.1 Å². The van der Waals surface area contributed by atoms with E-state index in [1.807, 2.05) is 5.92 Å². The zero-order chi connectivity index (χ0) is 16.2. The van der Waals surface area contributed by atoms with Gasteiger partial charge in [-0.3, -0.25) is 14.9 Å². The lowest BCUT2D eigenvalue weighted by Gasteiger charge is -2.18. The smallest absolute Gasteiger partial charge is 0.318 e. The minimum Gasteiger partial charge on any atom is -0.480 e. The van der Waals surface area contributed by atoms with E-state index in [9.17, 15) is 23.3 Å². The molecular formula is C12H12N2O6S. The second kappa shape index (κ2) is 6.34. The first-order valence-corrected chi connectivity index (χ1v) is 7.05. The van der Waals surface area contributed by atoms with Gasteiger partial charge in [-0.05, 0) is 12.5 Å². The number of hydrogen-bond donors (Lipinski definition) is 1. The fourth-order valence-corrected chi connectivity index (χ4v) is 3.39. The average Bonchev–Trinajstić information content (AvgIpc) is 2.37. The predicted molar refractivity (Wildman–Crippen MR) is 73.1 cm³/mol. The third-order valence-corrected chi connectivity index (χ3v) is 4.55. The number of nitrogens with zero attached hydrogens (tertiary/aromatic N) is 2. The SMILES string of the molecule is C#CCN(CC(=O)O)S(=O)(=O)c1c(C)cccc1[N+](=O)[O-]. The Bertz CT molecular complexity index is 720. The molecule has 1 N–H and O–H groups in total. The number of aryl methyl sites for hydroxylation is 1. The Hall–Kier alpha value is -2.44. The molecule has 1 aromatic rings. The minimum absolute atomic E-state index is 0.136. The molecule has 0 aromatic heterocycles. The van der Waals surface area contributed by atoms with E-state index in [-0.39, 0.29) is 5.56 Å². The lowest BCUT2D eigenvalue weighted by Crippen LogP contribution is -2.36. The quantitative estimate of drug-likeness (QED) is 0.467. The van der Waals surface area contributed by atoms with Gasteiger partial charge >= 0.3 is 5.97 Å². The fourth-order valence-electron chi connectivity index (χ4n) is 1.72. The molecule has 0 unspecified atom stereocenters. The fraction of sp³-hybridized carbons (Fsp3) is 0.250. The van der Waals surface area contributed by atoms with Gasteiger partial charge < -0.3 is 5.11 Å². The van der Waals surface area contributed by atoms with Crippen LogP contribution in [-0.2, 0) is 14.8 Å². The molecule has 0 amide bonds. The minimum atomic E-state index is -4.40. The molecule has 9 heteroatoms. The normalized spacial score (nSPS) is 11.1. The predicted octanol–water partition coefficient (Wildman–Crippen LogP) is 0.612. The molecule has 1 aromatic carbocycles. The van der Waals surface area contributed by atoms with Gasteiger partial charge in [-0.1, -0.05) is 18.1 Å². The Morgan fingerprint density at radius 3 is 2.62 bits per heavy atom. The van der Waals surface area contributed by atoms with Gasteiger partial charge in [-0.25, -0.2) is 8.42 Å². The molecule has 0 atom stereocenters. The Balaban J connectivity index is 3.52. The molecule has 0 heterocycles. The lowest BCUT2D eigenvalue weighted by atomic mass is 10.2. The zero-order valence-corrected chi connectivity index (χ0v) is 11.8. The lowest BCUT2D eigenvalue weighted by molar-refractivity contribution is -0.387. The van der Waals surface area contributed by atoms with Crippen molar-refractivity contribution in [3.63, 3.8) is 0 Å². The number of nitro groups is 1. The summed E-state index contributed by atoms with van der Waals surface area (Å²) >= 11 is 0. The highest BCUT2D eigenvalue weighted by atomic mass is 32.2. The highest BCUT2D eigenvalue weighted by Gasteiger charge is 2.33. The molecule has 0 aliphatic rings. The second-order valence-electron chi connectivity index (χ2n) is 4.05. The highest BCUT2D eigenvalue weighted by molar-refractivity contribution is 7.89. The summed E-state index contributed by atoms with van der Waals surface area (Å²) in [6.07, 6.45) is 5.03. The van der Waals surface area contributed by atoms with Crippen LogP contribution in [0.25, 0.3) is 0 Å². The molecule has 0 aliphatic heterocycles. The summed E-state index contributed by atoms with van der Waals surface area (Å²) in [5.74, 6) is 0.619. The second-order valence-corrected chi connectivity index (χ2v) is 5.93. The van der Waals surface area contributed by atoms with Crippen LogP contribution in [0.1, 0.15) is 5.56 Å². The number of carboxylic acids is 1. The molecule has 0 fully saturated rings. The molecule has 0 aliphatic carbocycles. The van der Waals surface area contributed by atoms with Gasteiger partial charge in [-0.2, -0.15) is 4.31 Å². The van der Waals surface area contributed by atoms with Crippen molar-refractivity contribution >= 4 is 21.7 Å². The number of nitro benzene ring substituents is 1. The summed E-state index contributed by atoms with van der Waals surface area (Å²) in [7, 11) is -4.40. The van der Waals surface area contributed by atoms with E-state index in [2.05, 4.69) is 0 Å². The van der Waals surface area contributed by atoms with E-state index >= 15 is 0 Å². The molecule has 0 radical (unpaired) electrons. The van der Waals surface area contributed by atoms with Crippen LogP contribution >= 0.6 is 0 Å². The number of aliphatic carboxylic acids is 1. The molecule has 21 heavy (non-hydrogen) atoms. The molecule has 0 saturated heterocycles. The first-order valence-electron chi connectivity index (χ1n) is 5.61. The van der Waals surface area contributed by atoms with Crippen LogP contribution in [0, 0.1) is 29.4 Å². The van der Waals surface area contributed by atoms with Crippen LogP contribution in [0.5, 0.6) is 0 Å². The van der Waals surface area contributed by atoms with Crippen molar-refractivity contribution in [1.82, 2.24) is 4.31 Å². The first kappa shape index (κ1) is 16.6. The number of carbonyl (C=O) groups is 1. The van der Waals surface area contributed by atoms with E-state index in [0.717, 1.165) is 6.07 Å². The number of rotatable bonds is 6. The van der Waals surface area contributed by atoms with Gasteiger partial charge in [0, 0.05) is 6.07 Å². The van der Waals surface area contributed by atoms with E-state index in [1.165, 1.54) is 19.1 Å². The van der Waals surface area contributed by atoms with Crippen LogP contribution in [0.15, 0.2) is 23.1 Å². The topological polar surface area (TPSA) is 118 Å². The maximum Gasteiger partial charge on any atom is 0.318 e. The molecule has 0 spiro atoms. The van der Waals surface area contributed by atoms with Crippen molar-refractivity contribution < 1.29 is 23.2 Å². The van der Waals surface area contributed by atoms with E-state index in [4.69, 9.17) is 11.5 Å². The standard InChI is InChI=1S/C12H12N2O6S/c1-3-7-13(8-11(15)16)21(19,20)12-9(2)5-4-6-10(12)14(17)18/h1,4-6H,7-8H2,2H3,(H,15,16). The Labute approximate surface area is 121 Å². The van der Waals surface area contributed by atoms with Gasteiger partial charge in [0.25, 0.3) is 15.7 Å². The van der Waals surface area contributed by atoms with E-state index < -0.39 is 44.6 Å². The van der Waals surface area contributed by atoms with Gasteiger partial charge in [0.05, 0.1) is 11.5 Å². The van der Waals surface area contributed by atoms with Crippen molar-refractivity contribution in [1.29, 1.82) is 0 Å². The summed E-state index contributed by atoms with van der Waals surface area (Å²) in [6.45, 7) is 0.00679. The van der Waals surface area contributed by atoms with E-state index in [0.29, 0.717) is 4.31 Å². The zero-order valence-electron chi connectivity index (χ0n) is 11.0. The summed E-state index contributed by atoms with van der Waals surface area (Å²) in [6, 6.07) is 3.76. The number of carboxylic acid groups (broad SMARTS) is 1. The molecular weight excluding hydrogens is 300 g/mol. The van der Waals surface area contributed by atoms with Crippen LogP contribution in [0.2, 0.25) is 0 Å². The van der Waals surface area contributed by atoms with E-state index in [1.54, 1.807) is 0 Å². The van der Waals surface area contributed by atoms with Crippen LogP contribution in [0.4, 0.5) is 5.69 Å². The summed E-state index contributed by atoms with van der Waals surface area (Å²) < 4.78 is 25.4. The number of benzene rings is 1. The largest absolute Gasteiger partial charge is 0.480 e. The maximum absolute atomic E-state index is 12.5.